The van der Waals surface area contributed by atoms with Crippen molar-refractivity contribution in [2.75, 3.05) is 36.4 Å². The Morgan fingerprint density at radius 1 is 1.27 bits per heavy atom. The molecule has 0 atom stereocenters. The van der Waals surface area contributed by atoms with Gasteiger partial charge in [0, 0.05) is 42.8 Å². The van der Waals surface area contributed by atoms with Crippen LogP contribution in [0, 0.1) is 5.82 Å². The highest BCUT2D eigenvalue weighted by molar-refractivity contribution is 6.31. The number of nitrogens with zero attached hydrogens (tertiary/aromatic N) is 3. The first kappa shape index (κ1) is 18.4. The molecule has 0 aliphatic carbocycles. The number of rotatable bonds is 7. The highest BCUT2D eigenvalue weighted by Gasteiger charge is 2.14. The summed E-state index contributed by atoms with van der Waals surface area (Å²) in [7, 11) is 0. The van der Waals surface area contributed by atoms with Gasteiger partial charge in [0.2, 0.25) is 5.91 Å². The van der Waals surface area contributed by atoms with Gasteiger partial charge in [-0.05, 0) is 25.0 Å². The molecule has 1 fully saturated rings. The third-order valence-electron chi connectivity index (χ3n) is 4.26. The molecule has 26 heavy (non-hydrogen) atoms. The Kier molecular flexibility index (Phi) is 6.22. The summed E-state index contributed by atoms with van der Waals surface area (Å²) < 4.78 is 13.7. The van der Waals surface area contributed by atoms with Crippen molar-refractivity contribution >= 4 is 29.0 Å². The Morgan fingerprint density at radius 3 is 2.85 bits per heavy atom. The zero-order valence-electron chi connectivity index (χ0n) is 14.3. The smallest absolute Gasteiger partial charge is 0.224 e. The first-order valence-corrected chi connectivity index (χ1v) is 9.02. The molecule has 1 aliphatic heterocycles. The maximum absolute atomic E-state index is 13.7. The van der Waals surface area contributed by atoms with Gasteiger partial charge in [-0.2, -0.15) is 5.10 Å². The summed E-state index contributed by atoms with van der Waals surface area (Å²) in [5.41, 5.74) is 1.27. The van der Waals surface area contributed by atoms with Crippen LogP contribution in [0.4, 0.5) is 15.9 Å². The monoisotopic (exact) mass is 377 g/mol. The Morgan fingerprint density at radius 2 is 2.08 bits per heavy atom. The van der Waals surface area contributed by atoms with Crippen molar-refractivity contribution in [3.05, 3.63) is 46.9 Å². The predicted molar refractivity (Wildman–Crippen MR) is 100 cm³/mol. The molecule has 8 heteroatoms. The summed E-state index contributed by atoms with van der Waals surface area (Å²) in [6, 6.07) is 6.34. The average molecular weight is 378 g/mol. The lowest BCUT2D eigenvalue weighted by atomic mass is 10.1. The van der Waals surface area contributed by atoms with Gasteiger partial charge in [-0.3, -0.25) is 4.79 Å². The van der Waals surface area contributed by atoms with E-state index >= 15 is 0 Å². The molecule has 1 aromatic heterocycles. The fraction of sp³-hybridized carbons (Fsp3) is 0.389. The summed E-state index contributed by atoms with van der Waals surface area (Å²) in [5, 5.41) is 14.2. The zero-order chi connectivity index (χ0) is 18.4. The van der Waals surface area contributed by atoms with Gasteiger partial charge < -0.3 is 15.5 Å². The van der Waals surface area contributed by atoms with Crippen LogP contribution >= 0.6 is 11.6 Å². The lowest BCUT2D eigenvalue weighted by molar-refractivity contribution is -0.120. The van der Waals surface area contributed by atoms with Crippen LogP contribution in [-0.4, -0.2) is 42.3 Å². The van der Waals surface area contributed by atoms with Crippen LogP contribution in [0.3, 0.4) is 0 Å². The van der Waals surface area contributed by atoms with Gasteiger partial charge in [0.05, 0.1) is 18.3 Å². The van der Waals surface area contributed by atoms with Crippen molar-refractivity contribution < 1.29 is 9.18 Å². The Labute approximate surface area is 156 Å². The van der Waals surface area contributed by atoms with E-state index in [2.05, 4.69) is 25.7 Å². The summed E-state index contributed by atoms with van der Waals surface area (Å²) >= 11 is 5.93. The van der Waals surface area contributed by atoms with Gasteiger partial charge in [0.1, 0.15) is 5.82 Å². The molecule has 1 aliphatic rings. The number of benzene rings is 1. The van der Waals surface area contributed by atoms with Crippen LogP contribution in [0.15, 0.2) is 30.5 Å². The maximum Gasteiger partial charge on any atom is 0.224 e. The fourth-order valence-corrected chi connectivity index (χ4v) is 3.14. The van der Waals surface area contributed by atoms with Crippen molar-refractivity contribution in [3.8, 4) is 0 Å². The van der Waals surface area contributed by atoms with Crippen LogP contribution < -0.4 is 15.5 Å². The second-order valence-electron chi connectivity index (χ2n) is 6.15. The lowest BCUT2D eigenvalue weighted by Gasteiger charge is -2.17. The van der Waals surface area contributed by atoms with E-state index in [0.29, 0.717) is 18.9 Å². The van der Waals surface area contributed by atoms with E-state index in [0.717, 1.165) is 18.8 Å². The van der Waals surface area contributed by atoms with Crippen LogP contribution in [0.25, 0.3) is 0 Å². The van der Waals surface area contributed by atoms with E-state index in [-0.39, 0.29) is 22.9 Å². The van der Waals surface area contributed by atoms with Gasteiger partial charge in [-0.25, -0.2) is 4.39 Å². The maximum atomic E-state index is 13.7. The third kappa shape index (κ3) is 4.82. The molecule has 1 amide bonds. The van der Waals surface area contributed by atoms with E-state index < -0.39 is 5.82 Å². The molecule has 1 saturated heterocycles. The highest BCUT2D eigenvalue weighted by atomic mass is 35.5. The molecular formula is C18H21ClFN5O. The topological polar surface area (TPSA) is 70.2 Å². The van der Waals surface area contributed by atoms with Crippen molar-refractivity contribution in [2.45, 2.75) is 19.3 Å². The summed E-state index contributed by atoms with van der Waals surface area (Å²) in [6.07, 6.45) is 4.07. The molecule has 6 nitrogen and oxygen atoms in total. The molecule has 1 aromatic carbocycles. The summed E-state index contributed by atoms with van der Waals surface area (Å²) in [6.45, 7) is 2.97. The molecule has 0 spiro atoms. The van der Waals surface area contributed by atoms with E-state index in [1.165, 1.54) is 25.0 Å². The second kappa shape index (κ2) is 8.80. The molecule has 0 unspecified atom stereocenters. The van der Waals surface area contributed by atoms with Crippen LogP contribution in [0.2, 0.25) is 5.02 Å². The quantitative estimate of drug-likeness (QED) is 0.726. The fourth-order valence-electron chi connectivity index (χ4n) is 2.91. The summed E-state index contributed by atoms with van der Waals surface area (Å²) in [4.78, 5) is 14.2. The van der Waals surface area contributed by atoms with Gasteiger partial charge >= 0.3 is 0 Å². The minimum Gasteiger partial charge on any atom is -0.370 e. The van der Waals surface area contributed by atoms with E-state index in [4.69, 9.17) is 11.6 Å². The normalized spacial score (nSPS) is 13.7. The van der Waals surface area contributed by atoms with Crippen LogP contribution in [0.5, 0.6) is 0 Å². The van der Waals surface area contributed by atoms with Crippen molar-refractivity contribution in [2.24, 2.45) is 0 Å². The van der Waals surface area contributed by atoms with Crippen LogP contribution in [-0.2, 0) is 11.2 Å². The van der Waals surface area contributed by atoms with Gasteiger partial charge in [0.25, 0.3) is 0 Å². The first-order chi connectivity index (χ1) is 12.6. The number of anilines is 2. The van der Waals surface area contributed by atoms with Crippen molar-refractivity contribution in [3.63, 3.8) is 0 Å². The number of halogens is 2. The predicted octanol–water partition coefficient (Wildman–Crippen LogP) is 2.64. The Bertz CT molecular complexity index is 747. The summed E-state index contributed by atoms with van der Waals surface area (Å²) in [5.74, 6) is -0.0868. The Balaban J connectivity index is 1.44. The molecule has 2 N–H and O–H groups in total. The van der Waals surface area contributed by atoms with E-state index in [9.17, 15) is 9.18 Å². The van der Waals surface area contributed by atoms with E-state index in [1.807, 2.05) is 6.07 Å². The number of nitrogens with one attached hydrogen (secondary N) is 2. The van der Waals surface area contributed by atoms with Gasteiger partial charge in [-0.1, -0.05) is 17.7 Å². The molecular weight excluding hydrogens is 357 g/mol. The number of aromatic nitrogens is 2. The minimum atomic E-state index is -0.472. The molecule has 2 heterocycles. The SMILES string of the molecule is O=C(Cc1c(F)cccc1Cl)NCCNc1cc(N2CCCC2)cnn1. The van der Waals surface area contributed by atoms with Gasteiger partial charge in [-0.15, -0.1) is 5.10 Å². The number of hydrogen-bond acceptors (Lipinski definition) is 5. The molecule has 0 bridgehead atoms. The lowest BCUT2D eigenvalue weighted by Crippen LogP contribution is -2.30. The van der Waals surface area contributed by atoms with Crippen LogP contribution in [0.1, 0.15) is 18.4 Å². The van der Waals surface area contributed by atoms with E-state index in [1.54, 1.807) is 12.3 Å². The van der Waals surface area contributed by atoms with Crippen molar-refractivity contribution in [1.82, 2.24) is 15.5 Å². The highest BCUT2D eigenvalue weighted by Crippen LogP contribution is 2.21. The number of amides is 1. The molecule has 2 aromatic rings. The Hall–Kier alpha value is -2.41. The van der Waals surface area contributed by atoms with Gasteiger partial charge in [0.15, 0.2) is 5.82 Å². The second-order valence-corrected chi connectivity index (χ2v) is 6.55. The number of carbonyl (C=O) groups excluding carboxylic acids is 1. The molecule has 3 rings (SSSR count). The first-order valence-electron chi connectivity index (χ1n) is 8.64. The third-order valence-corrected chi connectivity index (χ3v) is 4.62. The number of hydrogen-bond donors (Lipinski definition) is 2. The average Bonchev–Trinajstić information content (AvgIpc) is 3.17. The molecule has 0 saturated carbocycles. The van der Waals surface area contributed by atoms with Crippen molar-refractivity contribution in [1.29, 1.82) is 0 Å². The largest absolute Gasteiger partial charge is 0.370 e. The minimum absolute atomic E-state index is 0.0875. The molecule has 138 valence electrons. The molecule has 0 radical (unpaired) electrons. The standard InChI is InChI=1S/C18H21ClFN5O/c19-15-4-3-5-16(20)14(15)11-18(26)22-7-6-21-17-10-13(12-23-24-17)25-8-1-2-9-25/h3-5,10,12H,1-2,6-9,11H2,(H,21,24)(H,22,26). The zero-order valence-corrected chi connectivity index (χ0v) is 15.1. The number of carbonyl (C=O) groups is 1.